The number of fused-ring (bicyclic) bond motifs is 1. The van der Waals surface area contributed by atoms with Crippen molar-refractivity contribution < 1.29 is 18.0 Å². The van der Waals surface area contributed by atoms with Crippen molar-refractivity contribution in [3.8, 4) is 0 Å². The fraction of sp³-hybridized carbons (Fsp3) is 0.429. The summed E-state index contributed by atoms with van der Waals surface area (Å²) in [5.74, 6) is -1.54. The number of aromatic nitrogens is 2. The predicted molar refractivity (Wildman–Crippen MR) is 107 cm³/mol. The van der Waals surface area contributed by atoms with Crippen LogP contribution < -0.4 is 10.6 Å². The summed E-state index contributed by atoms with van der Waals surface area (Å²) < 4.78 is 40.7. The molecule has 1 aromatic carbocycles. The van der Waals surface area contributed by atoms with Crippen LogP contribution in [0.1, 0.15) is 30.9 Å². The molecule has 1 aliphatic carbocycles. The van der Waals surface area contributed by atoms with Crippen molar-refractivity contribution in [2.45, 2.75) is 25.3 Å². The van der Waals surface area contributed by atoms with E-state index in [0.717, 1.165) is 12.3 Å². The second kappa shape index (κ2) is 7.51. The molecule has 1 amide bonds. The molecule has 0 bridgehead atoms. The highest BCUT2D eigenvalue weighted by molar-refractivity contribution is 5.82. The lowest BCUT2D eigenvalue weighted by Gasteiger charge is -2.26. The van der Waals surface area contributed by atoms with Gasteiger partial charge in [0.1, 0.15) is 11.6 Å². The van der Waals surface area contributed by atoms with Gasteiger partial charge >= 0.3 is 0 Å². The minimum atomic E-state index is -0.673. The summed E-state index contributed by atoms with van der Waals surface area (Å²) >= 11 is 0. The zero-order valence-electron chi connectivity index (χ0n) is 16.6. The van der Waals surface area contributed by atoms with Gasteiger partial charge in [0.15, 0.2) is 11.6 Å². The number of nitrogens with zero attached hydrogens (tertiary/aromatic N) is 5. The molecule has 2 N–H and O–H groups in total. The molecule has 1 aromatic heterocycles. The Balaban J connectivity index is 1.26. The summed E-state index contributed by atoms with van der Waals surface area (Å²) in [6.07, 6.45) is 4.48. The van der Waals surface area contributed by atoms with Crippen molar-refractivity contribution in [2.75, 3.05) is 23.7 Å². The van der Waals surface area contributed by atoms with Crippen LogP contribution >= 0.6 is 0 Å². The predicted octanol–water partition coefficient (Wildman–Crippen LogP) is 2.90. The van der Waals surface area contributed by atoms with Gasteiger partial charge in [0.2, 0.25) is 11.9 Å². The number of rotatable bonds is 3. The number of carbonyl (C=O) groups excluding carboxylic acids is 1. The van der Waals surface area contributed by atoms with Crippen LogP contribution in [0.5, 0.6) is 0 Å². The molecule has 3 aliphatic rings. The number of hydrogen-bond acceptors (Lipinski definition) is 6. The minimum absolute atomic E-state index is 0.119. The summed E-state index contributed by atoms with van der Waals surface area (Å²) in [6.45, 7) is 1.34. The van der Waals surface area contributed by atoms with Crippen LogP contribution in [-0.4, -0.2) is 40.2 Å². The van der Waals surface area contributed by atoms with Crippen LogP contribution in [0.4, 0.5) is 24.9 Å². The monoisotopic (exact) mass is 430 g/mol. The maximum absolute atomic E-state index is 13.7. The smallest absolute Gasteiger partial charge is 0.246 e. The number of carbonyl (C=O) groups is 1. The van der Waals surface area contributed by atoms with Gasteiger partial charge in [-0.15, -0.1) is 0 Å². The van der Waals surface area contributed by atoms with Crippen LogP contribution in [0, 0.1) is 35.2 Å². The molecule has 0 radical (unpaired) electrons. The third kappa shape index (κ3) is 3.60. The zero-order chi connectivity index (χ0) is 21.7. The Morgan fingerprint density at radius 2 is 1.74 bits per heavy atom. The van der Waals surface area contributed by atoms with Crippen molar-refractivity contribution in [1.82, 2.24) is 15.0 Å². The summed E-state index contributed by atoms with van der Waals surface area (Å²) in [7, 11) is 0. The molecule has 10 heteroatoms. The van der Waals surface area contributed by atoms with E-state index in [2.05, 4.69) is 15.1 Å². The average molecular weight is 430 g/mol. The number of amides is 1. The molecule has 4 atom stereocenters. The van der Waals surface area contributed by atoms with Gasteiger partial charge in [-0.2, -0.15) is 10.1 Å². The standard InChI is InChI=1S/C21H21F3N6O/c22-15-5-11(6-16(23)7-15)18-1-2-27-30(18)20(31)12-3-13-9-29(10-14(13)4-12)21-26-8-17(24)19(25)28-21/h2,5-8,12-14,18H,1,3-4,9-10H2,(H2,25,26,28)/t12?,13-,14+,18-/m0/s1. The molecule has 162 valence electrons. The van der Waals surface area contributed by atoms with E-state index < -0.39 is 23.5 Å². The lowest BCUT2D eigenvalue weighted by molar-refractivity contribution is -0.137. The summed E-state index contributed by atoms with van der Waals surface area (Å²) in [5, 5.41) is 5.58. The summed E-state index contributed by atoms with van der Waals surface area (Å²) in [6, 6.07) is 2.81. The first-order chi connectivity index (χ1) is 14.9. The van der Waals surface area contributed by atoms with Crippen molar-refractivity contribution >= 4 is 23.9 Å². The van der Waals surface area contributed by atoms with E-state index in [1.165, 1.54) is 17.1 Å². The molecular weight excluding hydrogens is 409 g/mol. The summed E-state index contributed by atoms with van der Waals surface area (Å²) in [5.41, 5.74) is 5.95. The molecule has 3 heterocycles. The third-order valence-corrected chi connectivity index (χ3v) is 6.47. The normalized spacial score (nSPS) is 27.2. The maximum atomic E-state index is 13.7. The second-order valence-electron chi connectivity index (χ2n) is 8.43. The van der Waals surface area contributed by atoms with Gasteiger partial charge in [-0.25, -0.2) is 23.2 Å². The molecule has 2 fully saturated rings. The number of halogens is 3. The van der Waals surface area contributed by atoms with E-state index in [1.807, 2.05) is 4.90 Å². The molecule has 2 aliphatic heterocycles. The highest BCUT2D eigenvalue weighted by Crippen LogP contribution is 2.44. The zero-order valence-corrected chi connectivity index (χ0v) is 16.6. The Kier molecular flexibility index (Phi) is 4.79. The highest BCUT2D eigenvalue weighted by atomic mass is 19.1. The number of benzene rings is 1. The largest absolute Gasteiger partial charge is 0.381 e. The molecule has 0 spiro atoms. The topological polar surface area (TPSA) is 87.7 Å². The SMILES string of the molecule is Nc1nc(N2C[C@H]3CC(C(=O)N4N=CC[C@H]4c4cc(F)cc(F)c4)C[C@H]3C2)ncc1F. The van der Waals surface area contributed by atoms with Crippen LogP contribution in [0.25, 0.3) is 0 Å². The number of anilines is 2. The first-order valence-electron chi connectivity index (χ1n) is 10.2. The number of hydrogen-bond donors (Lipinski definition) is 1. The number of nitrogen functional groups attached to an aromatic ring is 1. The summed E-state index contributed by atoms with van der Waals surface area (Å²) in [4.78, 5) is 23.2. The molecule has 7 nitrogen and oxygen atoms in total. The van der Waals surface area contributed by atoms with E-state index in [9.17, 15) is 18.0 Å². The molecule has 31 heavy (non-hydrogen) atoms. The lowest BCUT2D eigenvalue weighted by atomic mass is 10.0. The maximum Gasteiger partial charge on any atom is 0.246 e. The Bertz CT molecular complexity index is 1030. The van der Waals surface area contributed by atoms with Gasteiger partial charge in [-0.3, -0.25) is 4.79 Å². The van der Waals surface area contributed by atoms with Gasteiger partial charge in [-0.05, 0) is 42.4 Å². The number of hydrazone groups is 1. The highest BCUT2D eigenvalue weighted by Gasteiger charge is 2.46. The van der Waals surface area contributed by atoms with Gasteiger partial charge < -0.3 is 10.6 Å². The van der Waals surface area contributed by atoms with Gasteiger partial charge in [0.25, 0.3) is 0 Å². The molecule has 1 saturated heterocycles. The molecule has 1 unspecified atom stereocenters. The lowest BCUT2D eigenvalue weighted by Crippen LogP contribution is -2.33. The molecular formula is C21H21F3N6O. The van der Waals surface area contributed by atoms with E-state index in [0.29, 0.717) is 43.9 Å². The van der Waals surface area contributed by atoms with Gasteiger partial charge in [0, 0.05) is 37.7 Å². The fourth-order valence-corrected chi connectivity index (χ4v) is 5.05. The first-order valence-corrected chi connectivity index (χ1v) is 10.2. The van der Waals surface area contributed by atoms with E-state index >= 15 is 0 Å². The van der Waals surface area contributed by atoms with Crippen LogP contribution in [0.15, 0.2) is 29.5 Å². The van der Waals surface area contributed by atoms with Gasteiger partial charge in [0.05, 0.1) is 12.2 Å². The van der Waals surface area contributed by atoms with Crippen molar-refractivity contribution in [3.63, 3.8) is 0 Å². The molecule has 1 saturated carbocycles. The second-order valence-corrected chi connectivity index (χ2v) is 8.43. The van der Waals surface area contributed by atoms with Crippen LogP contribution in [-0.2, 0) is 4.79 Å². The van der Waals surface area contributed by atoms with Crippen LogP contribution in [0.3, 0.4) is 0 Å². The minimum Gasteiger partial charge on any atom is -0.381 e. The Morgan fingerprint density at radius 3 is 2.39 bits per heavy atom. The Morgan fingerprint density at radius 1 is 1.06 bits per heavy atom. The van der Waals surface area contributed by atoms with Gasteiger partial charge in [-0.1, -0.05) is 0 Å². The van der Waals surface area contributed by atoms with Crippen molar-refractivity contribution in [1.29, 1.82) is 0 Å². The van der Waals surface area contributed by atoms with Crippen molar-refractivity contribution in [3.05, 3.63) is 47.4 Å². The van der Waals surface area contributed by atoms with Crippen LogP contribution in [0.2, 0.25) is 0 Å². The van der Waals surface area contributed by atoms with E-state index in [-0.39, 0.29) is 29.5 Å². The molecule has 2 aromatic rings. The first kappa shape index (κ1) is 19.8. The molecule has 5 rings (SSSR count). The third-order valence-electron chi connectivity index (χ3n) is 6.47. The quantitative estimate of drug-likeness (QED) is 0.809. The fourth-order valence-electron chi connectivity index (χ4n) is 5.05. The van der Waals surface area contributed by atoms with E-state index in [1.54, 1.807) is 6.21 Å². The number of nitrogens with two attached hydrogens (primary N) is 1. The Labute approximate surface area is 176 Å². The Hall–Kier alpha value is -3.17. The average Bonchev–Trinajstić information content (AvgIpc) is 3.43. The van der Waals surface area contributed by atoms with E-state index in [4.69, 9.17) is 5.73 Å². The van der Waals surface area contributed by atoms with Crippen molar-refractivity contribution in [2.24, 2.45) is 22.9 Å².